The fourth-order valence-corrected chi connectivity index (χ4v) is 6.83. The van der Waals surface area contributed by atoms with Crippen LogP contribution in [0.4, 0.5) is 11.5 Å². The topological polar surface area (TPSA) is 95.4 Å². The maximum Gasteiger partial charge on any atom is 0.153 e. The smallest absolute Gasteiger partial charge is 0.153 e. The molecular formula is C23H24N6. The number of rotatable bonds is 1. The highest BCUT2D eigenvalue weighted by molar-refractivity contribution is 5.92. The zero-order valence-electron chi connectivity index (χ0n) is 16.4. The number of aromatic nitrogens is 4. The van der Waals surface area contributed by atoms with Gasteiger partial charge in [-0.05, 0) is 85.3 Å². The third-order valence-electron chi connectivity index (χ3n) is 7.94. The van der Waals surface area contributed by atoms with Gasteiger partial charge in [0, 0.05) is 16.5 Å². The zero-order valence-corrected chi connectivity index (χ0v) is 16.4. The lowest BCUT2D eigenvalue weighted by Gasteiger charge is -2.44. The predicted molar refractivity (Wildman–Crippen MR) is 115 cm³/mol. The van der Waals surface area contributed by atoms with Crippen molar-refractivity contribution in [3.8, 4) is 0 Å². The Balaban J connectivity index is 1.45. The minimum atomic E-state index is 0.311. The van der Waals surface area contributed by atoms with Gasteiger partial charge in [0.15, 0.2) is 5.82 Å². The number of nitrogens with zero attached hydrogens (tertiary/aromatic N) is 2. The number of anilines is 2. The van der Waals surface area contributed by atoms with Crippen molar-refractivity contribution in [3.05, 3.63) is 47.2 Å². The summed E-state index contributed by atoms with van der Waals surface area (Å²) in [6.45, 7) is 2.13. The average molecular weight is 384 g/mol. The van der Waals surface area contributed by atoms with Gasteiger partial charge < -0.3 is 11.1 Å². The molecule has 2 aromatic carbocycles. The summed E-state index contributed by atoms with van der Waals surface area (Å²) >= 11 is 0. The van der Waals surface area contributed by atoms with Crippen molar-refractivity contribution in [3.63, 3.8) is 0 Å². The molecule has 2 bridgehead atoms. The molecule has 2 aliphatic carbocycles. The molecule has 0 saturated heterocycles. The van der Waals surface area contributed by atoms with Gasteiger partial charge in [-0.2, -0.15) is 10.2 Å². The second-order valence-electron chi connectivity index (χ2n) is 9.23. The largest absolute Gasteiger partial charge is 0.382 e. The molecule has 0 spiro atoms. The lowest BCUT2D eigenvalue weighted by atomic mass is 9.67. The number of nitrogens with one attached hydrogen (secondary N) is 3. The number of nitrogens with two attached hydrogens (primary N) is 1. The van der Waals surface area contributed by atoms with E-state index in [0.717, 1.165) is 33.9 Å². The van der Waals surface area contributed by atoms with E-state index in [9.17, 15) is 0 Å². The summed E-state index contributed by atoms with van der Waals surface area (Å²) in [5, 5.41) is 21.3. The minimum absolute atomic E-state index is 0.311. The molecule has 6 heteroatoms. The molecule has 5 atom stereocenters. The third kappa shape index (κ3) is 1.96. The van der Waals surface area contributed by atoms with Crippen LogP contribution in [-0.4, -0.2) is 20.4 Å². The average Bonchev–Trinajstić information content (AvgIpc) is 3.52. The molecule has 29 heavy (non-hydrogen) atoms. The van der Waals surface area contributed by atoms with Crippen LogP contribution >= 0.6 is 0 Å². The number of H-pyrrole nitrogens is 2. The standard InChI is InChI=1S/C23H24N6/c1-10-18-17(28-26-10)7-6-16-21(18)19-11-2-3-12(8-11)20(19)22(25-16)13-4-5-15-14(9-13)23(24)29-27-15/h4-7,9,11-12,19-20,22,25H,2-3,8H2,1H3,(H,26,28)(H3,24,27,29)/t11-,12+,19+,20-,22+/m1/s1. The molecule has 5 N–H and O–H groups in total. The van der Waals surface area contributed by atoms with Crippen molar-refractivity contribution in [2.24, 2.45) is 17.8 Å². The molecule has 7 rings (SSSR count). The Morgan fingerprint density at radius 2 is 1.83 bits per heavy atom. The van der Waals surface area contributed by atoms with Crippen LogP contribution < -0.4 is 11.1 Å². The number of hydrogen-bond acceptors (Lipinski definition) is 4. The van der Waals surface area contributed by atoms with Crippen LogP contribution in [0.15, 0.2) is 30.3 Å². The van der Waals surface area contributed by atoms with Crippen LogP contribution in [0.25, 0.3) is 21.8 Å². The van der Waals surface area contributed by atoms with Crippen LogP contribution in [0.5, 0.6) is 0 Å². The summed E-state index contributed by atoms with van der Waals surface area (Å²) in [5.41, 5.74) is 13.5. The molecule has 6 nitrogen and oxygen atoms in total. The van der Waals surface area contributed by atoms with Crippen molar-refractivity contribution in [1.29, 1.82) is 0 Å². The maximum atomic E-state index is 6.11. The van der Waals surface area contributed by atoms with Gasteiger partial charge >= 0.3 is 0 Å². The number of aromatic amines is 2. The first-order valence-corrected chi connectivity index (χ1v) is 10.7. The number of nitrogen functional groups attached to an aromatic ring is 1. The summed E-state index contributed by atoms with van der Waals surface area (Å²) in [6.07, 6.45) is 4.07. The highest BCUT2D eigenvalue weighted by Crippen LogP contribution is 2.64. The van der Waals surface area contributed by atoms with Gasteiger partial charge in [-0.25, -0.2) is 0 Å². The summed E-state index contributed by atoms with van der Waals surface area (Å²) in [7, 11) is 0. The van der Waals surface area contributed by atoms with Crippen molar-refractivity contribution in [1.82, 2.24) is 20.4 Å². The van der Waals surface area contributed by atoms with Gasteiger partial charge in [-0.1, -0.05) is 6.07 Å². The fraction of sp³-hybridized carbons (Fsp3) is 0.391. The Morgan fingerprint density at radius 3 is 2.76 bits per heavy atom. The van der Waals surface area contributed by atoms with Gasteiger partial charge in [0.25, 0.3) is 0 Å². The molecule has 4 aromatic rings. The summed E-state index contributed by atoms with van der Waals surface area (Å²) < 4.78 is 0. The van der Waals surface area contributed by atoms with Crippen LogP contribution in [0.3, 0.4) is 0 Å². The van der Waals surface area contributed by atoms with Crippen molar-refractivity contribution >= 4 is 33.3 Å². The number of benzene rings is 2. The lowest BCUT2D eigenvalue weighted by molar-refractivity contribution is 0.249. The van der Waals surface area contributed by atoms with E-state index in [1.54, 1.807) is 0 Å². The molecule has 0 unspecified atom stereocenters. The van der Waals surface area contributed by atoms with Crippen LogP contribution in [0.2, 0.25) is 0 Å². The van der Waals surface area contributed by atoms with E-state index in [0.29, 0.717) is 23.7 Å². The Bertz CT molecular complexity index is 1280. The third-order valence-corrected chi connectivity index (χ3v) is 7.94. The van der Waals surface area contributed by atoms with Gasteiger partial charge in [-0.3, -0.25) is 10.2 Å². The van der Waals surface area contributed by atoms with Gasteiger partial charge in [-0.15, -0.1) is 0 Å². The molecule has 2 fully saturated rings. The van der Waals surface area contributed by atoms with Crippen LogP contribution in [0, 0.1) is 24.7 Å². The zero-order chi connectivity index (χ0) is 19.3. The molecule has 2 saturated carbocycles. The molecular weight excluding hydrogens is 360 g/mol. The highest BCUT2D eigenvalue weighted by atomic mass is 15.1. The Kier molecular flexibility index (Phi) is 2.91. The lowest BCUT2D eigenvalue weighted by Crippen LogP contribution is -2.35. The maximum absolute atomic E-state index is 6.11. The number of fused-ring (bicyclic) bond motifs is 10. The van der Waals surface area contributed by atoms with Crippen molar-refractivity contribution in [2.75, 3.05) is 11.1 Å². The van der Waals surface area contributed by atoms with Gasteiger partial charge in [0.05, 0.1) is 22.8 Å². The molecule has 0 radical (unpaired) electrons. The molecule has 146 valence electrons. The van der Waals surface area contributed by atoms with Gasteiger partial charge in [0.1, 0.15) is 0 Å². The van der Waals surface area contributed by atoms with Crippen molar-refractivity contribution in [2.45, 2.75) is 38.1 Å². The van der Waals surface area contributed by atoms with E-state index in [1.165, 1.54) is 41.5 Å². The van der Waals surface area contributed by atoms with E-state index in [4.69, 9.17) is 5.73 Å². The molecule has 3 aliphatic rings. The predicted octanol–water partition coefficient (Wildman–Crippen LogP) is 4.63. The summed E-state index contributed by atoms with van der Waals surface area (Å²) in [4.78, 5) is 0. The van der Waals surface area contributed by atoms with E-state index < -0.39 is 0 Å². The van der Waals surface area contributed by atoms with E-state index in [2.05, 4.69) is 63.0 Å². The molecule has 0 amide bonds. The van der Waals surface area contributed by atoms with Gasteiger partial charge in [0.2, 0.25) is 0 Å². The monoisotopic (exact) mass is 384 g/mol. The minimum Gasteiger partial charge on any atom is -0.382 e. The van der Waals surface area contributed by atoms with Crippen molar-refractivity contribution < 1.29 is 0 Å². The first kappa shape index (κ1) is 15.9. The number of aryl methyl sites for hydroxylation is 1. The summed E-state index contributed by atoms with van der Waals surface area (Å²) in [6, 6.07) is 11.3. The Labute approximate surface area is 168 Å². The van der Waals surface area contributed by atoms with E-state index >= 15 is 0 Å². The Morgan fingerprint density at radius 1 is 1.00 bits per heavy atom. The van der Waals surface area contributed by atoms with E-state index in [-0.39, 0.29) is 0 Å². The first-order chi connectivity index (χ1) is 14.2. The van der Waals surface area contributed by atoms with Crippen LogP contribution in [0.1, 0.15) is 48.0 Å². The molecule has 2 aromatic heterocycles. The Hall–Kier alpha value is -3.02. The SMILES string of the molecule is Cc1n[nH]c2ccc3c(c12)[C@H]1[C@@H]2CC[C@@H](C2)[C@H]1[C@H](c1ccc2[nH]nc(N)c2c1)N3. The van der Waals surface area contributed by atoms with Crippen LogP contribution in [-0.2, 0) is 0 Å². The second-order valence-corrected chi connectivity index (χ2v) is 9.23. The second kappa shape index (κ2) is 5.32. The summed E-state index contributed by atoms with van der Waals surface area (Å²) in [5.74, 6) is 3.38. The highest BCUT2D eigenvalue weighted by Gasteiger charge is 2.54. The first-order valence-electron chi connectivity index (χ1n) is 10.7. The fourth-order valence-electron chi connectivity index (χ4n) is 6.83. The normalized spacial score (nSPS) is 29.9. The number of hydrogen-bond donors (Lipinski definition) is 4. The van der Waals surface area contributed by atoms with E-state index in [1.807, 2.05) is 0 Å². The quantitative estimate of drug-likeness (QED) is 0.385. The molecule has 1 aliphatic heterocycles. The molecule has 3 heterocycles.